The number of esters is 2. The highest BCUT2D eigenvalue weighted by Gasteiger charge is 2.34. The molecule has 0 fully saturated rings. The molecule has 1 aliphatic heterocycles. The lowest BCUT2D eigenvalue weighted by molar-refractivity contribution is -0.139. The van der Waals surface area contributed by atoms with E-state index in [-0.39, 0.29) is 17.7 Å². The summed E-state index contributed by atoms with van der Waals surface area (Å²) in [4.78, 5) is 42.2. The van der Waals surface area contributed by atoms with Crippen LogP contribution in [0.5, 0.6) is 5.75 Å². The van der Waals surface area contributed by atoms with E-state index >= 15 is 0 Å². The van der Waals surface area contributed by atoms with Crippen LogP contribution in [-0.4, -0.2) is 23.1 Å². The summed E-state index contributed by atoms with van der Waals surface area (Å²) in [6.07, 6.45) is 1.67. The molecule has 1 aromatic heterocycles. The second kappa shape index (κ2) is 9.56. The number of allylic oxidation sites excluding steroid dienone is 1. The van der Waals surface area contributed by atoms with Crippen molar-refractivity contribution >= 4 is 29.4 Å². The van der Waals surface area contributed by atoms with E-state index in [9.17, 15) is 18.8 Å². The zero-order valence-corrected chi connectivity index (χ0v) is 19.5. The first-order chi connectivity index (χ1) is 16.3. The number of carbonyl (C=O) groups is 2. The number of halogens is 1. The third kappa shape index (κ3) is 4.47. The van der Waals surface area contributed by atoms with Gasteiger partial charge in [-0.1, -0.05) is 41.7 Å². The Balaban J connectivity index is 1.88. The van der Waals surface area contributed by atoms with Gasteiger partial charge in [-0.15, -0.1) is 0 Å². The van der Waals surface area contributed by atoms with Gasteiger partial charge in [0, 0.05) is 12.5 Å². The molecule has 1 aliphatic rings. The largest absolute Gasteiger partial charge is 0.463 e. The van der Waals surface area contributed by atoms with Crippen LogP contribution in [-0.2, 0) is 14.3 Å². The van der Waals surface area contributed by atoms with Crippen LogP contribution in [0, 0.1) is 5.82 Å². The van der Waals surface area contributed by atoms with Crippen molar-refractivity contribution in [3.05, 3.63) is 96.4 Å². The van der Waals surface area contributed by atoms with Gasteiger partial charge in [0.15, 0.2) is 4.80 Å². The van der Waals surface area contributed by atoms with Crippen molar-refractivity contribution < 1.29 is 23.5 Å². The maximum absolute atomic E-state index is 14.9. The molecule has 174 valence electrons. The van der Waals surface area contributed by atoms with Gasteiger partial charge in [0.2, 0.25) is 0 Å². The van der Waals surface area contributed by atoms with Crippen molar-refractivity contribution in [2.45, 2.75) is 26.8 Å². The molecule has 3 aromatic rings. The van der Waals surface area contributed by atoms with Crippen molar-refractivity contribution in [2.75, 3.05) is 6.61 Å². The molecule has 0 amide bonds. The summed E-state index contributed by atoms with van der Waals surface area (Å²) in [7, 11) is 0. The van der Waals surface area contributed by atoms with Crippen molar-refractivity contribution in [3.63, 3.8) is 0 Å². The highest BCUT2D eigenvalue weighted by molar-refractivity contribution is 7.07. The first-order valence-corrected chi connectivity index (χ1v) is 11.3. The lowest BCUT2D eigenvalue weighted by Crippen LogP contribution is -2.40. The van der Waals surface area contributed by atoms with Crippen LogP contribution in [0.3, 0.4) is 0 Å². The zero-order chi connectivity index (χ0) is 24.4. The van der Waals surface area contributed by atoms with Crippen molar-refractivity contribution in [1.29, 1.82) is 0 Å². The molecule has 0 radical (unpaired) electrons. The fourth-order valence-corrected chi connectivity index (χ4v) is 4.78. The molecule has 1 atom stereocenters. The van der Waals surface area contributed by atoms with E-state index in [4.69, 9.17) is 9.47 Å². The van der Waals surface area contributed by atoms with Crippen LogP contribution in [0.2, 0.25) is 0 Å². The Morgan fingerprint density at radius 1 is 1.18 bits per heavy atom. The molecule has 34 heavy (non-hydrogen) atoms. The molecule has 2 aromatic carbocycles. The Morgan fingerprint density at radius 3 is 2.53 bits per heavy atom. The summed E-state index contributed by atoms with van der Waals surface area (Å²) in [5, 5.41) is 0. The standard InChI is InChI=1S/C25H21FN2O5S/c1-4-32-24(31)21-14(2)27-25-28(22(21)18-7-5-6-8-19(18)26)23(30)20(34-25)13-16-9-11-17(12-10-16)33-15(3)29/h5-13,22H,4H2,1-3H3/b20-13-/t22-/m0/s1. The number of ether oxygens (including phenoxy) is 2. The van der Waals surface area contributed by atoms with Gasteiger partial charge in [-0.2, -0.15) is 0 Å². The van der Waals surface area contributed by atoms with E-state index in [0.717, 1.165) is 11.3 Å². The number of carbonyl (C=O) groups excluding carboxylic acids is 2. The molecule has 0 N–H and O–H groups in total. The molecular weight excluding hydrogens is 459 g/mol. The van der Waals surface area contributed by atoms with Crippen LogP contribution >= 0.6 is 11.3 Å². The smallest absolute Gasteiger partial charge is 0.338 e. The van der Waals surface area contributed by atoms with Gasteiger partial charge in [0.05, 0.1) is 22.4 Å². The lowest BCUT2D eigenvalue weighted by Gasteiger charge is -2.24. The average molecular weight is 481 g/mol. The summed E-state index contributed by atoms with van der Waals surface area (Å²) in [5.41, 5.74) is 0.959. The number of hydrogen-bond donors (Lipinski definition) is 0. The number of nitrogens with zero attached hydrogens (tertiary/aromatic N) is 2. The Morgan fingerprint density at radius 2 is 1.88 bits per heavy atom. The number of hydrogen-bond acceptors (Lipinski definition) is 7. The van der Waals surface area contributed by atoms with Crippen LogP contribution in [0.15, 0.2) is 69.6 Å². The Hall–Kier alpha value is -3.85. The lowest BCUT2D eigenvalue weighted by atomic mass is 9.95. The number of aromatic nitrogens is 1. The molecule has 7 nitrogen and oxygen atoms in total. The summed E-state index contributed by atoms with van der Waals surface area (Å²) in [6.45, 7) is 4.76. The minimum Gasteiger partial charge on any atom is -0.463 e. The first-order valence-electron chi connectivity index (χ1n) is 10.5. The molecule has 0 spiro atoms. The van der Waals surface area contributed by atoms with Crippen molar-refractivity contribution in [2.24, 2.45) is 4.99 Å². The molecule has 0 saturated carbocycles. The van der Waals surface area contributed by atoms with Crippen molar-refractivity contribution in [3.8, 4) is 5.75 Å². The number of rotatable bonds is 5. The topological polar surface area (TPSA) is 87.0 Å². The molecule has 0 bridgehead atoms. The monoisotopic (exact) mass is 480 g/mol. The Kier molecular flexibility index (Phi) is 6.56. The fraction of sp³-hybridized carbons (Fsp3) is 0.200. The van der Waals surface area contributed by atoms with Gasteiger partial charge in [-0.05, 0) is 43.7 Å². The number of fused-ring (bicyclic) bond motifs is 1. The van der Waals surface area contributed by atoms with Crippen LogP contribution < -0.4 is 19.6 Å². The predicted molar refractivity (Wildman–Crippen MR) is 125 cm³/mol. The van der Waals surface area contributed by atoms with Crippen LogP contribution in [0.25, 0.3) is 6.08 Å². The summed E-state index contributed by atoms with van der Waals surface area (Å²) < 4.78 is 26.8. The van der Waals surface area contributed by atoms with Gasteiger partial charge in [0.25, 0.3) is 5.56 Å². The maximum atomic E-state index is 14.9. The van der Waals surface area contributed by atoms with Crippen LogP contribution in [0.4, 0.5) is 4.39 Å². The first kappa shape index (κ1) is 23.3. The normalized spacial score (nSPS) is 15.5. The minimum absolute atomic E-state index is 0.122. The minimum atomic E-state index is -1.01. The Labute approximate surface area is 198 Å². The van der Waals surface area contributed by atoms with Crippen molar-refractivity contribution in [1.82, 2.24) is 4.57 Å². The van der Waals surface area contributed by atoms with Gasteiger partial charge < -0.3 is 9.47 Å². The molecule has 0 saturated heterocycles. The highest BCUT2D eigenvalue weighted by atomic mass is 32.1. The van der Waals surface area contributed by atoms with E-state index in [1.54, 1.807) is 62.4 Å². The summed E-state index contributed by atoms with van der Waals surface area (Å²) >= 11 is 1.14. The number of benzene rings is 2. The van der Waals surface area contributed by atoms with E-state index in [1.165, 1.54) is 17.6 Å². The van der Waals surface area contributed by atoms with Gasteiger partial charge in [-0.3, -0.25) is 14.2 Å². The summed E-state index contributed by atoms with van der Waals surface area (Å²) in [6, 6.07) is 11.7. The molecule has 9 heteroatoms. The van der Waals surface area contributed by atoms with E-state index in [1.807, 2.05) is 0 Å². The second-order valence-corrected chi connectivity index (χ2v) is 8.50. The maximum Gasteiger partial charge on any atom is 0.338 e. The third-order valence-electron chi connectivity index (χ3n) is 5.16. The third-order valence-corrected chi connectivity index (χ3v) is 6.14. The second-order valence-electron chi connectivity index (χ2n) is 7.49. The van der Waals surface area contributed by atoms with E-state index in [0.29, 0.717) is 26.3 Å². The van der Waals surface area contributed by atoms with Gasteiger partial charge >= 0.3 is 11.9 Å². The predicted octanol–water partition coefficient (Wildman–Crippen LogP) is 2.86. The quantitative estimate of drug-likeness (QED) is 0.414. The fourth-order valence-electron chi connectivity index (χ4n) is 3.73. The molecule has 0 unspecified atom stereocenters. The van der Waals surface area contributed by atoms with Gasteiger partial charge in [-0.25, -0.2) is 14.2 Å². The van der Waals surface area contributed by atoms with Gasteiger partial charge in [0.1, 0.15) is 17.6 Å². The average Bonchev–Trinajstić information content (AvgIpc) is 3.09. The number of thiazole rings is 1. The molecule has 0 aliphatic carbocycles. The highest BCUT2D eigenvalue weighted by Crippen LogP contribution is 2.32. The molecule has 2 heterocycles. The Bertz CT molecular complexity index is 1480. The van der Waals surface area contributed by atoms with Crippen LogP contribution in [0.1, 0.15) is 37.9 Å². The molecular formula is C25H21FN2O5S. The van der Waals surface area contributed by atoms with E-state index < -0.39 is 29.4 Å². The summed E-state index contributed by atoms with van der Waals surface area (Å²) in [5.74, 6) is -1.23. The van der Waals surface area contributed by atoms with E-state index in [2.05, 4.69) is 4.99 Å². The zero-order valence-electron chi connectivity index (χ0n) is 18.7. The molecule has 4 rings (SSSR count). The SMILES string of the molecule is CCOC(=O)C1=C(C)N=c2s/c(=C\c3ccc(OC(C)=O)cc3)c(=O)n2[C@H]1c1ccccc1F.